The third-order valence-corrected chi connectivity index (χ3v) is 3.35. The molecule has 0 atom stereocenters. The lowest BCUT2D eigenvalue weighted by molar-refractivity contribution is 0.100. The van der Waals surface area contributed by atoms with Crippen LogP contribution in [0.25, 0.3) is 0 Å². The number of nitrogens with one attached hydrogen (secondary N) is 1. The minimum atomic E-state index is -0.489. The van der Waals surface area contributed by atoms with E-state index in [1.807, 2.05) is 13.8 Å². The van der Waals surface area contributed by atoms with Crippen molar-refractivity contribution in [2.45, 2.75) is 26.9 Å². The molecule has 0 fully saturated rings. The Hall–Kier alpha value is -1.85. The molecule has 0 radical (unpaired) electrons. The molecule has 5 nitrogen and oxygen atoms in total. The number of oxazole rings is 1. The number of halogens is 1. The van der Waals surface area contributed by atoms with Crippen LogP contribution >= 0.6 is 11.6 Å². The normalized spacial score (nSPS) is 10.8. The molecule has 106 valence electrons. The fourth-order valence-electron chi connectivity index (χ4n) is 1.76. The zero-order chi connectivity index (χ0) is 14.7. The number of hydrogen-bond donors (Lipinski definition) is 2. The Morgan fingerprint density at radius 2 is 2.15 bits per heavy atom. The molecular formula is C14H16ClN3O2. The quantitative estimate of drug-likeness (QED) is 0.886. The maximum absolute atomic E-state index is 11.0. The fraction of sp³-hybridized carbons (Fsp3) is 0.286. The van der Waals surface area contributed by atoms with Crippen LogP contribution < -0.4 is 11.1 Å². The van der Waals surface area contributed by atoms with Crippen molar-refractivity contribution in [1.29, 1.82) is 0 Å². The van der Waals surface area contributed by atoms with Crippen molar-refractivity contribution in [3.8, 4) is 0 Å². The molecule has 1 aromatic carbocycles. The summed E-state index contributed by atoms with van der Waals surface area (Å²) < 4.78 is 5.47. The van der Waals surface area contributed by atoms with Gasteiger partial charge in [0.15, 0.2) is 0 Å². The maximum atomic E-state index is 11.0. The molecule has 2 aromatic rings. The number of aromatic nitrogens is 1. The summed E-state index contributed by atoms with van der Waals surface area (Å²) >= 11 is 6.10. The molecule has 20 heavy (non-hydrogen) atoms. The summed E-state index contributed by atoms with van der Waals surface area (Å²) in [5.41, 5.74) is 7.37. The van der Waals surface area contributed by atoms with Gasteiger partial charge in [0.2, 0.25) is 11.8 Å². The van der Waals surface area contributed by atoms with Crippen molar-refractivity contribution in [1.82, 2.24) is 10.3 Å². The fourth-order valence-corrected chi connectivity index (χ4v) is 2.01. The van der Waals surface area contributed by atoms with Crippen LogP contribution in [0.3, 0.4) is 0 Å². The smallest absolute Gasteiger partial charge is 0.248 e. The standard InChI is InChI=1S/C14H16ClN3O2/c1-8-9(2)20-13(18-8)7-17-6-11-4-3-10(14(16)19)5-12(11)15/h3-5,17H,6-7H2,1-2H3,(H2,16,19). The molecule has 0 saturated carbocycles. The van der Waals surface area contributed by atoms with E-state index >= 15 is 0 Å². The van der Waals surface area contributed by atoms with Crippen molar-refractivity contribution in [2.75, 3.05) is 0 Å². The summed E-state index contributed by atoms with van der Waals surface area (Å²) in [6.45, 7) is 4.86. The number of primary amides is 1. The minimum absolute atomic E-state index is 0.401. The highest BCUT2D eigenvalue weighted by molar-refractivity contribution is 6.31. The van der Waals surface area contributed by atoms with E-state index in [4.69, 9.17) is 21.8 Å². The van der Waals surface area contributed by atoms with Crippen molar-refractivity contribution in [3.63, 3.8) is 0 Å². The average Bonchev–Trinajstić information content (AvgIpc) is 2.70. The predicted molar refractivity (Wildman–Crippen MR) is 76.5 cm³/mol. The van der Waals surface area contributed by atoms with Gasteiger partial charge in [-0.05, 0) is 31.5 Å². The van der Waals surface area contributed by atoms with Gasteiger partial charge >= 0.3 is 0 Å². The Bertz CT molecular complexity index is 618. The van der Waals surface area contributed by atoms with E-state index in [0.717, 1.165) is 17.0 Å². The first-order valence-corrected chi connectivity index (χ1v) is 6.57. The highest BCUT2D eigenvalue weighted by Gasteiger charge is 2.07. The van der Waals surface area contributed by atoms with E-state index in [9.17, 15) is 4.79 Å². The Morgan fingerprint density at radius 1 is 1.40 bits per heavy atom. The van der Waals surface area contributed by atoms with Crippen molar-refractivity contribution in [2.24, 2.45) is 5.73 Å². The van der Waals surface area contributed by atoms with Crippen LogP contribution in [0.4, 0.5) is 0 Å². The molecule has 1 heterocycles. The van der Waals surface area contributed by atoms with Gasteiger partial charge in [-0.15, -0.1) is 0 Å². The number of nitrogens with zero attached hydrogens (tertiary/aromatic N) is 1. The summed E-state index contributed by atoms with van der Waals surface area (Å²) in [6, 6.07) is 5.01. The number of hydrogen-bond acceptors (Lipinski definition) is 4. The lowest BCUT2D eigenvalue weighted by atomic mass is 10.1. The number of carbonyl (C=O) groups excluding carboxylic acids is 1. The van der Waals surface area contributed by atoms with Gasteiger partial charge in [0.1, 0.15) is 5.76 Å². The second-order valence-electron chi connectivity index (χ2n) is 4.52. The summed E-state index contributed by atoms with van der Waals surface area (Å²) in [6.07, 6.45) is 0. The van der Waals surface area contributed by atoms with Crippen LogP contribution in [0.15, 0.2) is 22.6 Å². The van der Waals surface area contributed by atoms with Gasteiger partial charge in [-0.1, -0.05) is 17.7 Å². The van der Waals surface area contributed by atoms with Gasteiger partial charge in [-0.3, -0.25) is 4.79 Å². The van der Waals surface area contributed by atoms with Gasteiger partial charge in [0.05, 0.1) is 12.2 Å². The Morgan fingerprint density at radius 3 is 2.70 bits per heavy atom. The molecule has 0 unspecified atom stereocenters. The topological polar surface area (TPSA) is 81.1 Å². The van der Waals surface area contributed by atoms with E-state index in [1.54, 1.807) is 18.2 Å². The van der Waals surface area contributed by atoms with Gasteiger partial charge in [0.25, 0.3) is 0 Å². The van der Waals surface area contributed by atoms with Gasteiger partial charge in [-0.25, -0.2) is 4.98 Å². The van der Waals surface area contributed by atoms with E-state index in [-0.39, 0.29) is 0 Å². The number of carbonyl (C=O) groups is 1. The lowest BCUT2D eigenvalue weighted by Gasteiger charge is -2.06. The zero-order valence-corrected chi connectivity index (χ0v) is 12.1. The molecule has 0 spiro atoms. The summed E-state index contributed by atoms with van der Waals surface area (Å²) in [5.74, 6) is 0.979. The second kappa shape index (κ2) is 6.07. The first kappa shape index (κ1) is 14.6. The van der Waals surface area contributed by atoms with Crippen LogP contribution in [0, 0.1) is 13.8 Å². The van der Waals surface area contributed by atoms with Crippen LogP contribution in [0.2, 0.25) is 5.02 Å². The largest absolute Gasteiger partial charge is 0.444 e. The monoisotopic (exact) mass is 293 g/mol. The third kappa shape index (κ3) is 3.37. The van der Waals surface area contributed by atoms with Crippen LogP contribution in [0.5, 0.6) is 0 Å². The number of nitrogens with two attached hydrogens (primary N) is 1. The number of amides is 1. The molecule has 2 rings (SSSR count). The Kier molecular flexibility index (Phi) is 4.42. The molecule has 0 aliphatic rings. The van der Waals surface area contributed by atoms with Crippen LogP contribution in [0.1, 0.15) is 33.3 Å². The van der Waals surface area contributed by atoms with E-state index in [2.05, 4.69) is 10.3 Å². The molecule has 0 saturated heterocycles. The third-order valence-electron chi connectivity index (χ3n) is 3.00. The predicted octanol–water partition coefficient (Wildman–Crippen LogP) is 2.33. The van der Waals surface area contributed by atoms with Crippen LogP contribution in [-0.2, 0) is 13.1 Å². The first-order chi connectivity index (χ1) is 9.47. The summed E-state index contributed by atoms with van der Waals surface area (Å²) in [5, 5.41) is 3.70. The number of benzene rings is 1. The Balaban J connectivity index is 1.95. The van der Waals surface area contributed by atoms with Gasteiger partial charge in [0, 0.05) is 17.1 Å². The minimum Gasteiger partial charge on any atom is -0.444 e. The van der Waals surface area contributed by atoms with E-state index in [1.165, 1.54) is 0 Å². The number of rotatable bonds is 5. The summed E-state index contributed by atoms with van der Waals surface area (Å²) in [7, 11) is 0. The van der Waals surface area contributed by atoms with Gasteiger partial charge < -0.3 is 15.5 Å². The molecule has 0 aliphatic heterocycles. The molecule has 0 aliphatic carbocycles. The average molecular weight is 294 g/mol. The molecule has 1 amide bonds. The highest BCUT2D eigenvalue weighted by Crippen LogP contribution is 2.18. The summed E-state index contributed by atoms with van der Waals surface area (Å²) in [4.78, 5) is 15.3. The molecule has 0 bridgehead atoms. The van der Waals surface area contributed by atoms with Crippen molar-refractivity contribution in [3.05, 3.63) is 51.7 Å². The van der Waals surface area contributed by atoms with E-state index < -0.39 is 5.91 Å². The SMILES string of the molecule is Cc1nc(CNCc2ccc(C(N)=O)cc2Cl)oc1C. The molecule has 3 N–H and O–H groups in total. The molecule has 6 heteroatoms. The van der Waals surface area contributed by atoms with Crippen LogP contribution in [-0.4, -0.2) is 10.9 Å². The highest BCUT2D eigenvalue weighted by atomic mass is 35.5. The first-order valence-electron chi connectivity index (χ1n) is 6.19. The number of aryl methyl sites for hydroxylation is 2. The lowest BCUT2D eigenvalue weighted by Crippen LogP contribution is -2.14. The van der Waals surface area contributed by atoms with Crippen molar-refractivity contribution < 1.29 is 9.21 Å². The van der Waals surface area contributed by atoms with E-state index in [0.29, 0.717) is 29.6 Å². The Labute approximate surface area is 122 Å². The van der Waals surface area contributed by atoms with Crippen molar-refractivity contribution >= 4 is 17.5 Å². The molecular weight excluding hydrogens is 278 g/mol. The molecule has 1 aromatic heterocycles. The second-order valence-corrected chi connectivity index (χ2v) is 4.93. The maximum Gasteiger partial charge on any atom is 0.248 e. The zero-order valence-electron chi connectivity index (χ0n) is 11.4. The van der Waals surface area contributed by atoms with Gasteiger partial charge in [-0.2, -0.15) is 0 Å².